The van der Waals surface area contributed by atoms with Gasteiger partial charge in [-0.05, 0) is 24.3 Å². The molecule has 1 aliphatic heterocycles. The number of carbonyl (C=O) groups is 2. The van der Waals surface area contributed by atoms with Gasteiger partial charge in [0.05, 0.1) is 12.6 Å². The Morgan fingerprint density at radius 1 is 1.29 bits per heavy atom. The zero-order valence-corrected chi connectivity index (χ0v) is 17.2. The number of benzene rings is 1. The topological polar surface area (TPSA) is 82.5 Å². The predicted molar refractivity (Wildman–Crippen MR) is 111 cm³/mol. The maximum absolute atomic E-state index is 12.5. The van der Waals surface area contributed by atoms with Crippen molar-refractivity contribution in [2.24, 2.45) is 7.05 Å². The molecule has 0 saturated carbocycles. The van der Waals surface area contributed by atoms with Gasteiger partial charge in [-0.1, -0.05) is 0 Å². The number of aryl methyl sites for hydroxylation is 1. The summed E-state index contributed by atoms with van der Waals surface area (Å²) in [5.41, 5.74) is 1.27. The Kier molecular flexibility index (Phi) is 7.56. The normalized spacial score (nSPS) is 16.9. The van der Waals surface area contributed by atoms with Gasteiger partial charge in [0.15, 0.2) is 0 Å². The molecule has 1 atom stereocenters. The molecule has 1 aromatic carbocycles. The molecule has 0 aliphatic carbocycles. The molecule has 152 valence electrons. The minimum atomic E-state index is -0.0807. The number of carbonyl (C=O) groups excluding carboxylic acids is 2. The van der Waals surface area contributed by atoms with E-state index in [2.05, 4.69) is 20.5 Å². The number of imidazole rings is 1. The van der Waals surface area contributed by atoms with E-state index < -0.39 is 0 Å². The Labute approximate surface area is 171 Å². The average Bonchev–Trinajstić information content (AvgIpc) is 3.08. The van der Waals surface area contributed by atoms with Gasteiger partial charge in [0.2, 0.25) is 5.91 Å². The lowest BCUT2D eigenvalue weighted by Gasteiger charge is -2.35. The first-order valence-electron chi connectivity index (χ1n) is 8.99. The summed E-state index contributed by atoms with van der Waals surface area (Å²) in [5.74, 6) is 0.802. The number of nitrogens with one attached hydrogen (secondary N) is 2. The quantitative estimate of drug-likeness (QED) is 0.777. The van der Waals surface area contributed by atoms with Crippen LogP contribution in [0.4, 0.5) is 5.69 Å². The zero-order chi connectivity index (χ0) is 19.4. The standard InChI is InChI=1S/C19H26N6O2.ClH/c1-23(2)19(27)14-4-6-15(7-5-14)22-17(26)13-25-11-8-20-12-16(25)18-21-9-10-24(18)3;/h4-7,9-10,16,20H,8,11-13H2,1-3H3,(H,22,26);1H. The van der Waals surface area contributed by atoms with Crippen molar-refractivity contribution in [3.8, 4) is 0 Å². The summed E-state index contributed by atoms with van der Waals surface area (Å²) in [5, 5.41) is 6.28. The molecule has 8 nitrogen and oxygen atoms in total. The Morgan fingerprint density at radius 2 is 2.00 bits per heavy atom. The SMILES string of the molecule is CN(C)C(=O)c1ccc(NC(=O)CN2CCNCC2c2nccn2C)cc1.Cl. The number of anilines is 1. The van der Waals surface area contributed by atoms with Crippen molar-refractivity contribution in [1.29, 1.82) is 0 Å². The van der Waals surface area contributed by atoms with Crippen molar-refractivity contribution in [3.63, 3.8) is 0 Å². The Balaban J connectivity index is 0.00000280. The lowest BCUT2D eigenvalue weighted by Crippen LogP contribution is -2.49. The van der Waals surface area contributed by atoms with Crippen molar-refractivity contribution in [2.45, 2.75) is 6.04 Å². The second kappa shape index (κ2) is 9.68. The summed E-state index contributed by atoms with van der Waals surface area (Å²) in [6.07, 6.45) is 3.69. The van der Waals surface area contributed by atoms with Gasteiger partial charge in [-0.3, -0.25) is 14.5 Å². The van der Waals surface area contributed by atoms with Crippen LogP contribution in [0.3, 0.4) is 0 Å². The molecule has 2 amide bonds. The number of hydrogen-bond donors (Lipinski definition) is 2. The molecule has 1 fully saturated rings. The minimum Gasteiger partial charge on any atom is -0.345 e. The molecule has 28 heavy (non-hydrogen) atoms. The van der Waals surface area contributed by atoms with Gasteiger partial charge < -0.3 is 20.1 Å². The third-order valence-electron chi connectivity index (χ3n) is 4.68. The number of aromatic nitrogens is 2. The molecule has 0 bridgehead atoms. The molecular weight excluding hydrogens is 380 g/mol. The predicted octanol–water partition coefficient (Wildman–Crippen LogP) is 1.13. The van der Waals surface area contributed by atoms with Crippen LogP contribution in [0.2, 0.25) is 0 Å². The molecule has 3 rings (SSSR count). The summed E-state index contributed by atoms with van der Waals surface area (Å²) in [6.45, 7) is 2.67. The Hall–Kier alpha value is -2.42. The number of piperazine rings is 1. The smallest absolute Gasteiger partial charge is 0.253 e. The van der Waals surface area contributed by atoms with Gasteiger partial charge in [-0.15, -0.1) is 12.4 Å². The van der Waals surface area contributed by atoms with E-state index in [-0.39, 0.29) is 36.8 Å². The summed E-state index contributed by atoms with van der Waals surface area (Å²) in [4.78, 5) is 32.6. The maximum atomic E-state index is 12.5. The van der Waals surface area contributed by atoms with Crippen LogP contribution in [0.5, 0.6) is 0 Å². The molecule has 2 heterocycles. The third-order valence-corrected chi connectivity index (χ3v) is 4.68. The van der Waals surface area contributed by atoms with Gasteiger partial charge >= 0.3 is 0 Å². The van der Waals surface area contributed by atoms with E-state index in [0.717, 1.165) is 25.5 Å². The van der Waals surface area contributed by atoms with Gasteiger partial charge in [0.25, 0.3) is 5.91 Å². The van der Waals surface area contributed by atoms with E-state index in [9.17, 15) is 9.59 Å². The second-order valence-corrected chi connectivity index (χ2v) is 6.91. The second-order valence-electron chi connectivity index (χ2n) is 6.91. The van der Waals surface area contributed by atoms with Crippen LogP contribution in [-0.2, 0) is 11.8 Å². The molecule has 1 aromatic heterocycles. The van der Waals surface area contributed by atoms with Gasteiger partial charge in [-0.25, -0.2) is 4.98 Å². The monoisotopic (exact) mass is 406 g/mol. The van der Waals surface area contributed by atoms with Crippen LogP contribution in [-0.4, -0.2) is 71.4 Å². The van der Waals surface area contributed by atoms with Gasteiger partial charge in [0.1, 0.15) is 5.82 Å². The number of amides is 2. The largest absolute Gasteiger partial charge is 0.345 e. The highest BCUT2D eigenvalue weighted by Crippen LogP contribution is 2.20. The summed E-state index contributed by atoms with van der Waals surface area (Å²) in [7, 11) is 5.39. The molecule has 9 heteroatoms. The van der Waals surface area contributed by atoms with Crippen LogP contribution in [0.1, 0.15) is 22.2 Å². The molecule has 0 radical (unpaired) electrons. The highest BCUT2D eigenvalue weighted by Gasteiger charge is 2.28. The van der Waals surface area contributed by atoms with Crippen molar-refractivity contribution in [1.82, 2.24) is 24.7 Å². The first-order chi connectivity index (χ1) is 13.0. The van der Waals surface area contributed by atoms with E-state index in [0.29, 0.717) is 11.3 Å². The summed E-state index contributed by atoms with van der Waals surface area (Å²) >= 11 is 0. The lowest BCUT2D eigenvalue weighted by atomic mass is 10.1. The van der Waals surface area contributed by atoms with Gasteiger partial charge in [0, 0.05) is 64.4 Å². The Bertz CT molecular complexity index is 805. The van der Waals surface area contributed by atoms with Crippen LogP contribution < -0.4 is 10.6 Å². The van der Waals surface area contributed by atoms with Crippen LogP contribution >= 0.6 is 12.4 Å². The fraction of sp³-hybridized carbons (Fsp3) is 0.421. The summed E-state index contributed by atoms with van der Waals surface area (Å²) in [6, 6.07) is 7.01. The Morgan fingerprint density at radius 3 is 2.61 bits per heavy atom. The van der Waals surface area contributed by atoms with Crippen molar-refractivity contribution in [2.75, 3.05) is 45.6 Å². The van der Waals surface area contributed by atoms with E-state index in [1.807, 2.05) is 17.8 Å². The van der Waals surface area contributed by atoms with Crippen LogP contribution in [0.25, 0.3) is 0 Å². The average molecular weight is 407 g/mol. The lowest BCUT2D eigenvalue weighted by molar-refractivity contribution is -0.118. The third kappa shape index (κ3) is 5.09. The molecule has 2 aromatic rings. The summed E-state index contributed by atoms with van der Waals surface area (Å²) < 4.78 is 1.99. The highest BCUT2D eigenvalue weighted by molar-refractivity contribution is 5.96. The van der Waals surface area contributed by atoms with E-state index in [4.69, 9.17) is 0 Å². The number of rotatable bonds is 5. The van der Waals surface area contributed by atoms with Crippen molar-refractivity contribution >= 4 is 29.9 Å². The molecule has 1 saturated heterocycles. The van der Waals surface area contributed by atoms with Crippen LogP contribution in [0, 0.1) is 0 Å². The minimum absolute atomic E-state index is 0. The van der Waals surface area contributed by atoms with E-state index >= 15 is 0 Å². The first kappa shape index (κ1) is 21.9. The van der Waals surface area contributed by atoms with Gasteiger partial charge in [-0.2, -0.15) is 0 Å². The number of hydrogen-bond acceptors (Lipinski definition) is 5. The van der Waals surface area contributed by atoms with Crippen molar-refractivity contribution in [3.05, 3.63) is 48.0 Å². The fourth-order valence-corrected chi connectivity index (χ4v) is 3.23. The zero-order valence-electron chi connectivity index (χ0n) is 16.4. The first-order valence-corrected chi connectivity index (χ1v) is 8.99. The maximum Gasteiger partial charge on any atom is 0.253 e. The fourth-order valence-electron chi connectivity index (χ4n) is 3.23. The van der Waals surface area contributed by atoms with E-state index in [1.165, 1.54) is 4.90 Å². The molecular formula is C19H27ClN6O2. The molecule has 1 aliphatic rings. The number of nitrogens with zero attached hydrogens (tertiary/aromatic N) is 4. The van der Waals surface area contributed by atoms with E-state index in [1.54, 1.807) is 44.6 Å². The van der Waals surface area contributed by atoms with Crippen molar-refractivity contribution < 1.29 is 9.59 Å². The number of halogens is 1. The molecule has 1 unspecified atom stereocenters. The van der Waals surface area contributed by atoms with Crippen LogP contribution in [0.15, 0.2) is 36.7 Å². The molecule has 0 spiro atoms. The highest BCUT2D eigenvalue weighted by atomic mass is 35.5. The molecule has 2 N–H and O–H groups in total.